The molecule has 0 spiro atoms. The molecule has 0 aliphatic carbocycles. The van der Waals surface area contributed by atoms with Crippen LogP contribution in [-0.4, -0.2) is 61.9 Å². The summed E-state index contributed by atoms with van der Waals surface area (Å²) in [4.78, 5) is 9.13. The van der Waals surface area contributed by atoms with Crippen molar-refractivity contribution in [3.63, 3.8) is 0 Å². The fourth-order valence-electron chi connectivity index (χ4n) is 2.93. The highest BCUT2D eigenvalue weighted by Gasteiger charge is 2.33. The normalized spacial score (nSPS) is 24.5. The molecule has 20 heavy (non-hydrogen) atoms. The molecule has 0 bridgehead atoms. The first kappa shape index (κ1) is 13.5. The van der Waals surface area contributed by atoms with Crippen LogP contribution >= 0.6 is 0 Å². The molecule has 2 saturated heterocycles. The summed E-state index contributed by atoms with van der Waals surface area (Å²) in [5, 5.41) is 0. The minimum atomic E-state index is 0.420. The molecule has 0 aromatic carbocycles. The van der Waals surface area contributed by atoms with Crippen molar-refractivity contribution in [2.45, 2.75) is 19.0 Å². The van der Waals surface area contributed by atoms with Crippen LogP contribution in [0.3, 0.4) is 0 Å². The SMILES string of the molecule is COc1nc(N)ccc1N1CCN(C2COC2)C[C@@H]1C. The van der Waals surface area contributed by atoms with E-state index >= 15 is 0 Å². The summed E-state index contributed by atoms with van der Waals surface area (Å²) in [6.07, 6.45) is 0. The summed E-state index contributed by atoms with van der Waals surface area (Å²) >= 11 is 0. The van der Waals surface area contributed by atoms with Crippen molar-refractivity contribution in [1.29, 1.82) is 0 Å². The molecule has 2 aliphatic heterocycles. The Balaban J connectivity index is 1.74. The average molecular weight is 278 g/mol. The minimum Gasteiger partial charge on any atom is -0.479 e. The van der Waals surface area contributed by atoms with Crippen LogP contribution in [0.15, 0.2) is 12.1 Å². The van der Waals surface area contributed by atoms with Gasteiger partial charge in [-0.2, -0.15) is 4.98 Å². The molecule has 2 fully saturated rings. The maximum atomic E-state index is 5.72. The lowest BCUT2D eigenvalue weighted by molar-refractivity contribution is -0.0691. The van der Waals surface area contributed by atoms with Crippen LogP contribution in [0.1, 0.15) is 6.92 Å². The van der Waals surface area contributed by atoms with Gasteiger partial charge in [-0.3, -0.25) is 4.90 Å². The van der Waals surface area contributed by atoms with Gasteiger partial charge in [0.05, 0.1) is 26.4 Å². The van der Waals surface area contributed by atoms with E-state index in [1.165, 1.54) is 0 Å². The van der Waals surface area contributed by atoms with E-state index in [2.05, 4.69) is 21.7 Å². The largest absolute Gasteiger partial charge is 0.479 e. The quantitative estimate of drug-likeness (QED) is 0.872. The zero-order chi connectivity index (χ0) is 14.1. The second kappa shape index (κ2) is 5.46. The van der Waals surface area contributed by atoms with Gasteiger partial charge >= 0.3 is 0 Å². The fourth-order valence-corrected chi connectivity index (χ4v) is 2.93. The van der Waals surface area contributed by atoms with E-state index in [4.69, 9.17) is 15.2 Å². The molecule has 0 saturated carbocycles. The first-order valence-corrected chi connectivity index (χ1v) is 7.08. The van der Waals surface area contributed by atoms with Crippen LogP contribution in [0.4, 0.5) is 11.5 Å². The van der Waals surface area contributed by atoms with Crippen LogP contribution in [0, 0.1) is 0 Å². The maximum Gasteiger partial charge on any atom is 0.239 e. The van der Waals surface area contributed by atoms with Crippen molar-refractivity contribution in [2.75, 3.05) is 50.6 Å². The van der Waals surface area contributed by atoms with Crippen molar-refractivity contribution in [2.24, 2.45) is 0 Å². The number of aromatic nitrogens is 1. The first-order valence-electron chi connectivity index (χ1n) is 7.08. The molecule has 2 aliphatic rings. The highest BCUT2D eigenvalue weighted by atomic mass is 16.5. The highest BCUT2D eigenvalue weighted by molar-refractivity contribution is 5.59. The number of nitrogens with two attached hydrogens (primary N) is 1. The Kier molecular flexibility index (Phi) is 3.67. The van der Waals surface area contributed by atoms with Gasteiger partial charge in [0, 0.05) is 25.7 Å². The predicted octanol–water partition coefficient (Wildman–Crippen LogP) is 0.582. The molecule has 0 unspecified atom stereocenters. The second-order valence-electron chi connectivity index (χ2n) is 5.49. The number of methoxy groups -OCH3 is 1. The number of hydrogen-bond acceptors (Lipinski definition) is 6. The Morgan fingerprint density at radius 3 is 2.75 bits per heavy atom. The molecule has 1 atom stereocenters. The zero-order valence-electron chi connectivity index (χ0n) is 12.1. The maximum absolute atomic E-state index is 5.72. The number of ether oxygens (including phenoxy) is 2. The standard InChI is InChI=1S/C14H22N4O2/c1-10-7-17(11-8-20-9-11)5-6-18(10)12-3-4-13(15)16-14(12)19-2/h3-4,10-11H,5-9H2,1-2H3,(H2,15,16)/t10-/m0/s1. The Morgan fingerprint density at radius 1 is 1.35 bits per heavy atom. The molecule has 6 nitrogen and oxygen atoms in total. The molecule has 1 aromatic rings. The third-order valence-electron chi connectivity index (χ3n) is 4.16. The number of anilines is 2. The molecule has 0 radical (unpaired) electrons. The van der Waals surface area contributed by atoms with Gasteiger partial charge in [-0.05, 0) is 19.1 Å². The molecule has 2 N–H and O–H groups in total. The van der Waals surface area contributed by atoms with E-state index in [0.29, 0.717) is 23.8 Å². The summed E-state index contributed by atoms with van der Waals surface area (Å²) < 4.78 is 10.7. The van der Waals surface area contributed by atoms with Gasteiger partial charge < -0.3 is 20.1 Å². The van der Waals surface area contributed by atoms with Crippen molar-refractivity contribution in [1.82, 2.24) is 9.88 Å². The molecular weight excluding hydrogens is 256 g/mol. The number of nitrogen functional groups attached to an aromatic ring is 1. The Bertz CT molecular complexity index is 478. The monoisotopic (exact) mass is 278 g/mol. The Labute approximate surface area is 119 Å². The summed E-state index contributed by atoms with van der Waals surface area (Å²) in [6.45, 7) is 7.05. The van der Waals surface area contributed by atoms with Gasteiger partial charge in [-0.15, -0.1) is 0 Å². The van der Waals surface area contributed by atoms with Crippen LogP contribution in [0.25, 0.3) is 0 Å². The summed E-state index contributed by atoms with van der Waals surface area (Å²) in [6, 6.07) is 4.85. The second-order valence-corrected chi connectivity index (χ2v) is 5.49. The molecule has 110 valence electrons. The molecule has 6 heteroatoms. The molecule has 1 aromatic heterocycles. The van der Waals surface area contributed by atoms with Gasteiger partial charge in [-0.1, -0.05) is 0 Å². The van der Waals surface area contributed by atoms with E-state index in [-0.39, 0.29) is 0 Å². The third-order valence-corrected chi connectivity index (χ3v) is 4.16. The number of piperazine rings is 1. The van der Waals surface area contributed by atoms with E-state index in [1.54, 1.807) is 7.11 Å². The Hall–Kier alpha value is -1.53. The van der Waals surface area contributed by atoms with Crippen molar-refractivity contribution in [3.05, 3.63) is 12.1 Å². The lowest BCUT2D eigenvalue weighted by Gasteiger charge is -2.46. The van der Waals surface area contributed by atoms with Gasteiger partial charge in [0.25, 0.3) is 0 Å². The van der Waals surface area contributed by atoms with Crippen molar-refractivity contribution < 1.29 is 9.47 Å². The smallest absolute Gasteiger partial charge is 0.239 e. The average Bonchev–Trinajstić information content (AvgIpc) is 2.37. The van der Waals surface area contributed by atoms with E-state index < -0.39 is 0 Å². The summed E-state index contributed by atoms with van der Waals surface area (Å²) in [5.74, 6) is 1.10. The number of hydrogen-bond donors (Lipinski definition) is 1. The van der Waals surface area contributed by atoms with Gasteiger partial charge in [0.15, 0.2) is 0 Å². The number of rotatable bonds is 3. The van der Waals surface area contributed by atoms with Crippen LogP contribution in [0.2, 0.25) is 0 Å². The first-order chi connectivity index (χ1) is 9.69. The number of pyridine rings is 1. The molecule has 3 rings (SSSR count). The Morgan fingerprint density at radius 2 is 2.15 bits per heavy atom. The lowest BCUT2D eigenvalue weighted by Crippen LogP contribution is -2.59. The lowest BCUT2D eigenvalue weighted by atomic mass is 10.1. The predicted molar refractivity (Wildman–Crippen MR) is 78.2 cm³/mol. The van der Waals surface area contributed by atoms with Crippen LogP contribution < -0.4 is 15.4 Å². The van der Waals surface area contributed by atoms with Crippen LogP contribution in [0.5, 0.6) is 5.88 Å². The van der Waals surface area contributed by atoms with Gasteiger partial charge in [0.2, 0.25) is 5.88 Å². The van der Waals surface area contributed by atoms with Crippen molar-refractivity contribution >= 4 is 11.5 Å². The minimum absolute atomic E-state index is 0.420. The summed E-state index contributed by atoms with van der Waals surface area (Å²) in [5.41, 5.74) is 6.75. The van der Waals surface area contributed by atoms with E-state index in [9.17, 15) is 0 Å². The highest BCUT2D eigenvalue weighted by Crippen LogP contribution is 2.30. The molecular formula is C14H22N4O2. The third kappa shape index (κ3) is 2.41. The van der Waals surface area contributed by atoms with Gasteiger partial charge in [-0.25, -0.2) is 0 Å². The summed E-state index contributed by atoms with van der Waals surface area (Å²) in [7, 11) is 1.64. The van der Waals surface area contributed by atoms with Gasteiger partial charge in [0.1, 0.15) is 11.5 Å². The molecule has 3 heterocycles. The van der Waals surface area contributed by atoms with Crippen molar-refractivity contribution in [3.8, 4) is 5.88 Å². The topological polar surface area (TPSA) is 63.9 Å². The number of nitrogens with zero attached hydrogens (tertiary/aromatic N) is 3. The fraction of sp³-hybridized carbons (Fsp3) is 0.643. The van der Waals surface area contributed by atoms with Crippen LogP contribution in [-0.2, 0) is 4.74 Å². The van der Waals surface area contributed by atoms with E-state index in [0.717, 1.165) is 38.5 Å². The molecule has 0 amide bonds. The zero-order valence-corrected chi connectivity index (χ0v) is 12.1. The van der Waals surface area contributed by atoms with E-state index in [1.807, 2.05) is 12.1 Å².